The van der Waals surface area contributed by atoms with Crippen LogP contribution in [0.15, 0.2) is 24.3 Å². The maximum absolute atomic E-state index is 11.3. The van der Waals surface area contributed by atoms with Gasteiger partial charge in [0, 0.05) is 25.4 Å². The number of aryl methyl sites for hydroxylation is 1. The minimum absolute atomic E-state index is 0.312. The van der Waals surface area contributed by atoms with Crippen molar-refractivity contribution >= 4 is 5.78 Å². The molecule has 0 spiro atoms. The van der Waals surface area contributed by atoms with E-state index in [2.05, 4.69) is 19.2 Å². The van der Waals surface area contributed by atoms with Gasteiger partial charge in [-0.15, -0.1) is 0 Å². The Hall–Kier alpha value is -1.35. The summed E-state index contributed by atoms with van der Waals surface area (Å²) < 4.78 is 5.68. The van der Waals surface area contributed by atoms with Gasteiger partial charge in [0.25, 0.3) is 0 Å². The van der Waals surface area contributed by atoms with Crippen LogP contribution in [0.3, 0.4) is 0 Å². The average Bonchev–Trinajstić information content (AvgIpc) is 2.41. The summed E-state index contributed by atoms with van der Waals surface area (Å²) in [5.41, 5.74) is 1.16. The van der Waals surface area contributed by atoms with Crippen LogP contribution in [0.5, 0.6) is 5.75 Å². The molecule has 3 nitrogen and oxygen atoms in total. The number of hydrogen-bond donors (Lipinski definition) is 1. The SMILES string of the molecule is CCC(=O)CCc1cccc(OCCNC(C)C)c1. The van der Waals surface area contributed by atoms with E-state index in [0.717, 1.165) is 24.3 Å². The first-order chi connectivity index (χ1) is 9.11. The Morgan fingerprint density at radius 1 is 1.37 bits per heavy atom. The van der Waals surface area contributed by atoms with Gasteiger partial charge in [-0.25, -0.2) is 0 Å². The van der Waals surface area contributed by atoms with Gasteiger partial charge in [0.15, 0.2) is 0 Å². The Balaban J connectivity index is 2.37. The smallest absolute Gasteiger partial charge is 0.132 e. The summed E-state index contributed by atoms with van der Waals surface area (Å²) in [6.45, 7) is 7.64. The quantitative estimate of drug-likeness (QED) is 0.696. The zero-order chi connectivity index (χ0) is 14.1. The molecule has 3 heteroatoms. The van der Waals surface area contributed by atoms with E-state index in [9.17, 15) is 4.79 Å². The van der Waals surface area contributed by atoms with Crippen molar-refractivity contribution in [2.24, 2.45) is 0 Å². The Morgan fingerprint density at radius 2 is 2.16 bits per heavy atom. The molecule has 1 N–H and O–H groups in total. The van der Waals surface area contributed by atoms with Gasteiger partial charge in [-0.3, -0.25) is 4.79 Å². The normalized spacial score (nSPS) is 10.7. The highest BCUT2D eigenvalue weighted by Crippen LogP contribution is 2.14. The fourth-order valence-electron chi connectivity index (χ4n) is 1.77. The van der Waals surface area contributed by atoms with Crippen molar-refractivity contribution in [2.75, 3.05) is 13.2 Å². The summed E-state index contributed by atoms with van der Waals surface area (Å²) in [4.78, 5) is 11.3. The number of nitrogens with one attached hydrogen (secondary N) is 1. The lowest BCUT2D eigenvalue weighted by atomic mass is 10.1. The number of benzene rings is 1. The van der Waals surface area contributed by atoms with Crippen molar-refractivity contribution in [2.45, 2.75) is 46.1 Å². The van der Waals surface area contributed by atoms with Crippen LogP contribution < -0.4 is 10.1 Å². The lowest BCUT2D eigenvalue weighted by Crippen LogP contribution is -2.27. The largest absolute Gasteiger partial charge is 0.492 e. The molecule has 106 valence electrons. The van der Waals surface area contributed by atoms with Crippen molar-refractivity contribution in [3.8, 4) is 5.75 Å². The number of rotatable bonds is 9. The zero-order valence-electron chi connectivity index (χ0n) is 12.2. The zero-order valence-corrected chi connectivity index (χ0v) is 12.2. The topological polar surface area (TPSA) is 38.3 Å². The third-order valence-corrected chi connectivity index (χ3v) is 2.91. The van der Waals surface area contributed by atoms with E-state index < -0.39 is 0 Å². The van der Waals surface area contributed by atoms with Gasteiger partial charge in [0.1, 0.15) is 18.1 Å². The monoisotopic (exact) mass is 263 g/mol. The number of hydrogen-bond acceptors (Lipinski definition) is 3. The number of carbonyl (C=O) groups excluding carboxylic acids is 1. The van der Waals surface area contributed by atoms with Gasteiger partial charge >= 0.3 is 0 Å². The van der Waals surface area contributed by atoms with E-state index in [1.54, 1.807) is 0 Å². The predicted molar refractivity (Wildman–Crippen MR) is 78.7 cm³/mol. The van der Waals surface area contributed by atoms with Crippen molar-refractivity contribution in [3.05, 3.63) is 29.8 Å². The molecule has 0 atom stereocenters. The van der Waals surface area contributed by atoms with Crippen LogP contribution in [0.2, 0.25) is 0 Å². The van der Waals surface area contributed by atoms with E-state index in [4.69, 9.17) is 4.74 Å². The molecule has 1 rings (SSSR count). The van der Waals surface area contributed by atoms with Gasteiger partial charge in [0.2, 0.25) is 0 Å². The maximum atomic E-state index is 11.3. The summed E-state index contributed by atoms with van der Waals surface area (Å²) in [5.74, 6) is 1.19. The second kappa shape index (κ2) is 8.70. The second-order valence-corrected chi connectivity index (χ2v) is 5.00. The summed E-state index contributed by atoms with van der Waals surface area (Å²) in [6.07, 6.45) is 2.04. The number of Topliss-reactive ketones (excluding diaryl/α,β-unsaturated/α-hetero) is 1. The summed E-state index contributed by atoms with van der Waals surface area (Å²) in [6, 6.07) is 8.49. The Labute approximate surface area is 116 Å². The third kappa shape index (κ3) is 6.97. The van der Waals surface area contributed by atoms with Crippen LogP contribution in [0, 0.1) is 0 Å². The van der Waals surface area contributed by atoms with E-state index in [1.165, 1.54) is 0 Å². The fourth-order valence-corrected chi connectivity index (χ4v) is 1.77. The highest BCUT2D eigenvalue weighted by molar-refractivity contribution is 5.78. The molecule has 0 bridgehead atoms. The molecular formula is C16H25NO2. The maximum Gasteiger partial charge on any atom is 0.132 e. The summed E-state index contributed by atoms with van der Waals surface area (Å²) in [5, 5.41) is 3.31. The Kier molecular flexibility index (Phi) is 7.19. The third-order valence-electron chi connectivity index (χ3n) is 2.91. The minimum atomic E-state index is 0.312. The lowest BCUT2D eigenvalue weighted by Gasteiger charge is -2.10. The van der Waals surface area contributed by atoms with Gasteiger partial charge < -0.3 is 10.1 Å². The highest BCUT2D eigenvalue weighted by Gasteiger charge is 2.01. The van der Waals surface area contributed by atoms with Crippen LogP contribution in [0.1, 0.15) is 39.2 Å². The van der Waals surface area contributed by atoms with Crippen LogP contribution in [0.25, 0.3) is 0 Å². The molecule has 0 heterocycles. The second-order valence-electron chi connectivity index (χ2n) is 5.00. The van der Waals surface area contributed by atoms with E-state index in [1.807, 2.05) is 31.2 Å². The number of ether oxygens (including phenoxy) is 1. The molecule has 0 aliphatic heterocycles. The average molecular weight is 263 g/mol. The molecule has 0 aromatic heterocycles. The molecule has 0 radical (unpaired) electrons. The first-order valence-electron chi connectivity index (χ1n) is 7.08. The molecule has 0 aliphatic rings. The van der Waals surface area contributed by atoms with Crippen molar-refractivity contribution in [3.63, 3.8) is 0 Å². The van der Waals surface area contributed by atoms with Crippen molar-refractivity contribution in [1.82, 2.24) is 5.32 Å². The standard InChI is InChI=1S/C16H25NO2/c1-4-15(18)9-8-14-6-5-7-16(12-14)19-11-10-17-13(2)3/h5-7,12-13,17H,4,8-11H2,1-3H3. The molecule has 0 saturated heterocycles. The molecule has 1 aromatic carbocycles. The number of carbonyl (C=O) groups is 1. The van der Waals surface area contributed by atoms with E-state index >= 15 is 0 Å². The molecule has 1 aromatic rings. The predicted octanol–water partition coefficient (Wildman–Crippen LogP) is 2.98. The molecule has 0 amide bonds. The molecule has 19 heavy (non-hydrogen) atoms. The minimum Gasteiger partial charge on any atom is -0.492 e. The van der Waals surface area contributed by atoms with Gasteiger partial charge in [-0.2, -0.15) is 0 Å². The number of ketones is 1. The molecule has 0 unspecified atom stereocenters. The van der Waals surface area contributed by atoms with Gasteiger partial charge in [0.05, 0.1) is 0 Å². The first kappa shape index (κ1) is 15.7. The van der Waals surface area contributed by atoms with Crippen LogP contribution >= 0.6 is 0 Å². The van der Waals surface area contributed by atoms with Crippen molar-refractivity contribution in [1.29, 1.82) is 0 Å². The van der Waals surface area contributed by atoms with Crippen LogP contribution in [-0.4, -0.2) is 25.0 Å². The molecular weight excluding hydrogens is 238 g/mol. The van der Waals surface area contributed by atoms with Gasteiger partial charge in [-0.1, -0.05) is 32.9 Å². The first-order valence-corrected chi connectivity index (χ1v) is 7.08. The van der Waals surface area contributed by atoms with Crippen LogP contribution in [-0.2, 0) is 11.2 Å². The fraction of sp³-hybridized carbons (Fsp3) is 0.562. The highest BCUT2D eigenvalue weighted by atomic mass is 16.5. The Bertz CT molecular complexity index is 388. The Morgan fingerprint density at radius 3 is 2.84 bits per heavy atom. The molecule has 0 aliphatic carbocycles. The van der Waals surface area contributed by atoms with Crippen molar-refractivity contribution < 1.29 is 9.53 Å². The van der Waals surface area contributed by atoms with Crippen LogP contribution in [0.4, 0.5) is 0 Å². The lowest BCUT2D eigenvalue weighted by molar-refractivity contribution is -0.118. The summed E-state index contributed by atoms with van der Waals surface area (Å²) >= 11 is 0. The van der Waals surface area contributed by atoms with E-state index in [0.29, 0.717) is 31.3 Å². The molecule has 0 saturated carbocycles. The molecule has 0 fully saturated rings. The summed E-state index contributed by atoms with van der Waals surface area (Å²) in [7, 11) is 0. The van der Waals surface area contributed by atoms with Gasteiger partial charge in [-0.05, 0) is 24.1 Å². The van der Waals surface area contributed by atoms with E-state index in [-0.39, 0.29) is 0 Å².